The van der Waals surface area contributed by atoms with E-state index in [9.17, 15) is 0 Å². The van der Waals surface area contributed by atoms with Gasteiger partial charge in [0.15, 0.2) is 0 Å². The third-order valence-electron chi connectivity index (χ3n) is 9.84. The third kappa shape index (κ3) is 5.22. The molecule has 7 rings (SSSR count). The minimum Gasteiger partial charge on any atom is -0.457 e. The molecule has 0 spiro atoms. The summed E-state index contributed by atoms with van der Waals surface area (Å²) in [7, 11) is 0. The van der Waals surface area contributed by atoms with Crippen LogP contribution >= 0.6 is 0 Å². The van der Waals surface area contributed by atoms with Crippen LogP contribution in [0.25, 0.3) is 33.3 Å². The topological polar surface area (TPSA) is 44.9 Å². The molecule has 0 radical (unpaired) electrons. The van der Waals surface area contributed by atoms with Gasteiger partial charge >= 0.3 is 0 Å². The zero-order valence-electron chi connectivity index (χ0n) is 28.3. The number of para-hydroxylation sites is 1. The maximum Gasteiger partial charge on any atom is 0.137 e. The van der Waals surface area contributed by atoms with Crippen LogP contribution in [0.1, 0.15) is 81.0 Å². The summed E-state index contributed by atoms with van der Waals surface area (Å²) in [5.41, 5.74) is 10.8. The number of aryl methyl sites for hydroxylation is 2. The minimum absolute atomic E-state index is 0.334. The molecule has 5 nitrogen and oxygen atoms in total. The minimum atomic E-state index is 0.334. The van der Waals surface area contributed by atoms with Gasteiger partial charge in [-0.1, -0.05) is 57.5 Å². The Kier molecular flexibility index (Phi) is 7.59. The molecule has 3 heterocycles. The van der Waals surface area contributed by atoms with Gasteiger partial charge < -0.3 is 4.74 Å². The van der Waals surface area contributed by atoms with Crippen LogP contribution in [0, 0.1) is 32.6 Å². The summed E-state index contributed by atoms with van der Waals surface area (Å²) in [6.07, 6.45) is 5.54. The summed E-state index contributed by atoms with van der Waals surface area (Å²) in [6.45, 7) is 18.0. The van der Waals surface area contributed by atoms with E-state index in [-0.39, 0.29) is 0 Å². The molecule has 0 N–H and O–H groups in total. The van der Waals surface area contributed by atoms with Crippen LogP contribution in [0.3, 0.4) is 0 Å². The molecule has 0 fully saturated rings. The Balaban J connectivity index is 1.32. The van der Waals surface area contributed by atoms with Crippen molar-refractivity contribution in [1.82, 2.24) is 19.3 Å². The van der Waals surface area contributed by atoms with E-state index in [4.69, 9.17) is 14.8 Å². The second-order valence-corrected chi connectivity index (χ2v) is 13.8. The lowest BCUT2D eigenvalue weighted by Gasteiger charge is -2.32. The fourth-order valence-corrected chi connectivity index (χ4v) is 7.82. The molecule has 234 valence electrons. The van der Waals surface area contributed by atoms with Crippen molar-refractivity contribution in [2.24, 2.45) is 11.8 Å². The first-order valence-corrected chi connectivity index (χ1v) is 16.6. The average Bonchev–Trinajstić information content (AvgIpc) is 3.49. The zero-order chi connectivity index (χ0) is 32.3. The monoisotopic (exact) mass is 608 g/mol. The van der Waals surface area contributed by atoms with Crippen LogP contribution < -0.4 is 4.74 Å². The van der Waals surface area contributed by atoms with Gasteiger partial charge in [-0.15, -0.1) is 0 Å². The summed E-state index contributed by atoms with van der Waals surface area (Å²) in [4.78, 5) is 4.75. The van der Waals surface area contributed by atoms with Gasteiger partial charge in [0.25, 0.3) is 0 Å². The van der Waals surface area contributed by atoms with Crippen LogP contribution in [0.2, 0.25) is 0 Å². The highest BCUT2D eigenvalue weighted by Crippen LogP contribution is 2.43. The number of fused-ring (bicyclic) bond motifs is 3. The molecule has 1 aliphatic carbocycles. The first kappa shape index (κ1) is 30.0. The normalized spacial score (nSPS) is 18.5. The molecule has 0 amide bonds. The van der Waals surface area contributed by atoms with Gasteiger partial charge in [0, 0.05) is 46.3 Å². The third-order valence-corrected chi connectivity index (χ3v) is 9.84. The van der Waals surface area contributed by atoms with Crippen molar-refractivity contribution < 1.29 is 4.74 Å². The summed E-state index contributed by atoms with van der Waals surface area (Å²) < 4.78 is 11.1. The lowest BCUT2D eigenvalue weighted by Crippen LogP contribution is -2.20. The van der Waals surface area contributed by atoms with Gasteiger partial charge in [0.1, 0.15) is 17.3 Å². The number of hydrogen-bond acceptors (Lipinski definition) is 3. The molecule has 1 aliphatic rings. The summed E-state index contributed by atoms with van der Waals surface area (Å²) in [6, 6.07) is 25.6. The maximum absolute atomic E-state index is 6.71. The predicted octanol–water partition coefficient (Wildman–Crippen LogP) is 10.9. The number of benzene rings is 3. The van der Waals surface area contributed by atoms with Crippen LogP contribution in [-0.2, 0) is 0 Å². The fraction of sp³-hybridized carbons (Fsp3) is 0.317. The molecule has 3 atom stereocenters. The first-order chi connectivity index (χ1) is 22.1. The molecule has 1 unspecified atom stereocenters. The standard InChI is InChI=1S/C41H44N4O/c1-24(2)31-20-32(45-30(8)41(29(7)43-45)40-27(5)17-26(4)18-28(40)6)22-34(21-31)46-33-13-14-36-35-11-9-10-12-37(35)44(38(36)23-33)39-19-25(3)15-16-42-39/h9-17,19-24,26,28,40H,18H2,1-8H3/t26-,28-,40?/m0/s1. The molecule has 6 aromatic rings. The molecular weight excluding hydrogens is 564 g/mol. The van der Waals surface area contributed by atoms with Crippen molar-refractivity contribution in [3.05, 3.63) is 119 Å². The molecular formula is C41H44N4O. The van der Waals surface area contributed by atoms with E-state index in [1.165, 1.54) is 45.2 Å². The van der Waals surface area contributed by atoms with Crippen molar-refractivity contribution in [2.45, 2.75) is 73.6 Å². The highest BCUT2D eigenvalue weighted by molar-refractivity contribution is 6.09. The highest BCUT2D eigenvalue weighted by Gasteiger charge is 2.31. The maximum atomic E-state index is 6.71. The van der Waals surface area contributed by atoms with Crippen molar-refractivity contribution in [3.8, 4) is 23.0 Å². The molecule has 0 saturated heterocycles. The number of allylic oxidation sites excluding steroid dienone is 2. The summed E-state index contributed by atoms with van der Waals surface area (Å²) in [5, 5.41) is 7.51. The zero-order valence-corrected chi connectivity index (χ0v) is 28.3. The van der Waals surface area contributed by atoms with Crippen LogP contribution in [0.5, 0.6) is 11.5 Å². The van der Waals surface area contributed by atoms with Crippen molar-refractivity contribution >= 4 is 21.8 Å². The van der Waals surface area contributed by atoms with Gasteiger partial charge in [-0.25, -0.2) is 9.67 Å². The molecule has 46 heavy (non-hydrogen) atoms. The Morgan fingerprint density at radius 1 is 0.826 bits per heavy atom. The van der Waals surface area contributed by atoms with Gasteiger partial charge in [0.05, 0.1) is 22.4 Å². The number of pyridine rings is 1. The molecule has 0 bridgehead atoms. The number of hydrogen-bond donors (Lipinski definition) is 0. The van der Waals surface area contributed by atoms with E-state index in [0.717, 1.165) is 39.7 Å². The Morgan fingerprint density at radius 2 is 1.61 bits per heavy atom. The SMILES string of the molecule is CC1=C[C@H](C)C[C@H](C)C1c1c(C)nn(-c2cc(Oc3ccc4c5ccccc5n(-c5cc(C)ccn5)c4c3)cc(C(C)C)c2)c1C. The number of rotatable bonds is 6. The van der Waals surface area contributed by atoms with Gasteiger partial charge in [0.2, 0.25) is 0 Å². The second-order valence-electron chi connectivity index (χ2n) is 13.8. The van der Waals surface area contributed by atoms with Crippen molar-refractivity contribution in [1.29, 1.82) is 0 Å². The summed E-state index contributed by atoms with van der Waals surface area (Å²) in [5.74, 6) is 4.43. The molecule has 0 aliphatic heterocycles. The summed E-state index contributed by atoms with van der Waals surface area (Å²) >= 11 is 0. The smallest absolute Gasteiger partial charge is 0.137 e. The van der Waals surface area contributed by atoms with E-state index >= 15 is 0 Å². The van der Waals surface area contributed by atoms with E-state index in [0.29, 0.717) is 23.7 Å². The number of aromatic nitrogens is 4. The molecule has 0 saturated carbocycles. The van der Waals surface area contributed by atoms with Crippen molar-refractivity contribution in [3.63, 3.8) is 0 Å². The highest BCUT2D eigenvalue weighted by atomic mass is 16.5. The molecule has 3 aromatic carbocycles. The van der Waals surface area contributed by atoms with E-state index in [1.54, 1.807) is 0 Å². The number of ether oxygens (including phenoxy) is 1. The Labute approximate surface area is 272 Å². The second kappa shape index (κ2) is 11.6. The van der Waals surface area contributed by atoms with Gasteiger partial charge in [-0.2, -0.15) is 5.10 Å². The molecule has 5 heteroatoms. The quantitative estimate of drug-likeness (QED) is 0.177. The average molecular weight is 609 g/mol. The molecule has 3 aromatic heterocycles. The number of nitrogens with zero attached hydrogens (tertiary/aromatic N) is 4. The largest absolute Gasteiger partial charge is 0.457 e. The van der Waals surface area contributed by atoms with Crippen molar-refractivity contribution in [2.75, 3.05) is 0 Å². The van der Waals surface area contributed by atoms with Gasteiger partial charge in [-0.3, -0.25) is 4.57 Å². The van der Waals surface area contributed by atoms with Crippen LogP contribution in [0.15, 0.2) is 90.6 Å². The van der Waals surface area contributed by atoms with E-state index in [2.05, 4.69) is 137 Å². The lowest BCUT2D eigenvalue weighted by molar-refractivity contribution is 0.390. The Morgan fingerprint density at radius 3 is 2.37 bits per heavy atom. The fourth-order valence-electron chi connectivity index (χ4n) is 7.82. The van der Waals surface area contributed by atoms with E-state index in [1.807, 2.05) is 12.3 Å². The lowest BCUT2D eigenvalue weighted by atomic mass is 9.72. The Hall–Kier alpha value is -4.64. The first-order valence-electron chi connectivity index (χ1n) is 16.6. The van der Waals surface area contributed by atoms with Gasteiger partial charge in [-0.05, 0) is 105 Å². The van der Waals surface area contributed by atoms with E-state index < -0.39 is 0 Å². The van der Waals surface area contributed by atoms with Crippen LogP contribution in [-0.4, -0.2) is 19.3 Å². The Bertz CT molecular complexity index is 2130. The predicted molar refractivity (Wildman–Crippen MR) is 190 cm³/mol. The van der Waals surface area contributed by atoms with Crippen LogP contribution in [0.4, 0.5) is 0 Å².